The number of hydrogen-bond acceptors (Lipinski definition) is 4. The third-order valence-corrected chi connectivity index (χ3v) is 5.33. The first-order chi connectivity index (χ1) is 10.4. The summed E-state index contributed by atoms with van der Waals surface area (Å²) in [6.07, 6.45) is 5.62. The number of hydrogen-bond donors (Lipinski definition) is 0. The topological polar surface area (TPSA) is 34.1 Å². The van der Waals surface area contributed by atoms with E-state index in [2.05, 4.69) is 51.3 Å². The Hall–Kier alpha value is -0.176. The van der Waals surface area contributed by atoms with Crippen LogP contribution in [-0.4, -0.2) is 54.2 Å². The highest BCUT2D eigenvalue weighted by atomic mass is 28.4. The van der Waals surface area contributed by atoms with Gasteiger partial charge in [-0.15, -0.1) is 0 Å². The molecule has 1 unspecified atom stereocenters. The predicted octanol–water partition coefficient (Wildman–Crippen LogP) is 4.95. The first-order valence-electron chi connectivity index (χ1n) is 8.98. The second-order valence-electron chi connectivity index (χ2n) is 8.38. The van der Waals surface area contributed by atoms with E-state index in [4.69, 9.17) is 8.85 Å². The minimum atomic E-state index is -1.46. The normalized spacial score (nSPS) is 14.9. The van der Waals surface area contributed by atoms with Crippen LogP contribution in [0.5, 0.6) is 0 Å². The Bertz CT molecular complexity index is 347. The van der Waals surface area contributed by atoms with Crippen LogP contribution in [-0.2, 0) is 8.85 Å². The van der Waals surface area contributed by atoms with Crippen LogP contribution in [0.2, 0.25) is 39.3 Å². The Morgan fingerprint density at radius 1 is 1.00 bits per heavy atom. The summed E-state index contributed by atoms with van der Waals surface area (Å²) in [6.45, 7) is 16.6. The quantitative estimate of drug-likeness (QED) is 0.214. The fraction of sp³-hybridized carbons (Fsp3) is 0.941. The Labute approximate surface area is 146 Å². The highest BCUT2D eigenvalue weighted by molar-refractivity contribution is 6.70. The van der Waals surface area contributed by atoms with Crippen molar-refractivity contribution in [1.29, 1.82) is 0 Å². The fourth-order valence-corrected chi connectivity index (χ4v) is 4.38. The minimum absolute atomic E-state index is 0.368. The molecule has 0 aliphatic heterocycles. The summed E-state index contributed by atoms with van der Waals surface area (Å²) >= 11 is 0. The molecule has 0 aliphatic rings. The lowest BCUT2D eigenvalue weighted by Gasteiger charge is -2.26. The summed E-state index contributed by atoms with van der Waals surface area (Å²) in [6, 6.07) is 0. The molecule has 0 aliphatic carbocycles. The van der Waals surface area contributed by atoms with E-state index in [1.54, 1.807) is 0 Å². The third-order valence-electron chi connectivity index (χ3n) is 3.22. The first kappa shape index (κ1) is 22.8. The van der Waals surface area contributed by atoms with Crippen molar-refractivity contribution in [2.45, 2.75) is 84.4 Å². The molecule has 1 atom stereocenters. The zero-order valence-corrected chi connectivity index (χ0v) is 19.0. The number of nitrogens with zero attached hydrogens (tertiary/aromatic N) is 2. The molecule has 0 aromatic carbocycles. The Balaban J connectivity index is 4.40. The summed E-state index contributed by atoms with van der Waals surface area (Å²) in [5.41, 5.74) is 1.27. The van der Waals surface area contributed by atoms with Crippen LogP contribution in [0.15, 0.2) is 5.10 Å². The zero-order valence-electron chi connectivity index (χ0n) is 17.0. The van der Waals surface area contributed by atoms with Gasteiger partial charge in [0.05, 0.1) is 0 Å². The van der Waals surface area contributed by atoms with Crippen molar-refractivity contribution in [3.8, 4) is 0 Å². The molecule has 0 saturated heterocycles. The second-order valence-corrected chi connectivity index (χ2v) is 17.4. The molecule has 0 amide bonds. The molecule has 0 radical (unpaired) electrons. The van der Waals surface area contributed by atoms with Crippen LogP contribution >= 0.6 is 0 Å². The van der Waals surface area contributed by atoms with Crippen molar-refractivity contribution < 1.29 is 8.85 Å². The largest absolute Gasteiger partial charge is 0.418 e. The molecular formula is C17H40N2O2Si2. The molecular weight excluding hydrogens is 320 g/mol. The van der Waals surface area contributed by atoms with Crippen LogP contribution in [0, 0.1) is 0 Å². The van der Waals surface area contributed by atoms with Gasteiger partial charge in [0.1, 0.15) is 0 Å². The van der Waals surface area contributed by atoms with Crippen LogP contribution < -0.4 is 0 Å². The summed E-state index contributed by atoms with van der Waals surface area (Å²) < 4.78 is 12.2. The van der Waals surface area contributed by atoms with Gasteiger partial charge >= 0.3 is 0 Å². The number of rotatable bonds is 12. The SMILES string of the molecule is CCC(CCC(CCCO[Si](C)(C)C)=NN(C)C)O[Si](C)(C)C. The summed E-state index contributed by atoms with van der Waals surface area (Å²) in [5.74, 6) is 0. The van der Waals surface area contributed by atoms with Crippen molar-refractivity contribution in [1.82, 2.24) is 5.01 Å². The molecule has 4 nitrogen and oxygen atoms in total. The summed E-state index contributed by atoms with van der Waals surface area (Å²) in [7, 11) is 1.13. The lowest BCUT2D eigenvalue weighted by atomic mass is 10.1. The van der Waals surface area contributed by atoms with Crippen LogP contribution in [0.1, 0.15) is 39.0 Å². The second kappa shape index (κ2) is 10.6. The highest BCUT2D eigenvalue weighted by Crippen LogP contribution is 2.16. The first-order valence-corrected chi connectivity index (χ1v) is 15.8. The molecule has 0 heterocycles. The molecule has 0 rings (SSSR count). The molecule has 138 valence electrons. The van der Waals surface area contributed by atoms with Gasteiger partial charge in [-0.2, -0.15) is 5.10 Å². The van der Waals surface area contributed by atoms with Crippen molar-refractivity contribution in [3.05, 3.63) is 0 Å². The van der Waals surface area contributed by atoms with Crippen molar-refractivity contribution in [2.75, 3.05) is 20.7 Å². The highest BCUT2D eigenvalue weighted by Gasteiger charge is 2.20. The van der Waals surface area contributed by atoms with Gasteiger partial charge in [-0.1, -0.05) is 6.92 Å². The predicted molar refractivity (Wildman–Crippen MR) is 107 cm³/mol. The Morgan fingerprint density at radius 3 is 2.04 bits per heavy atom. The lowest BCUT2D eigenvalue weighted by Crippen LogP contribution is -2.32. The van der Waals surface area contributed by atoms with Gasteiger partial charge in [-0.05, 0) is 71.4 Å². The monoisotopic (exact) mass is 360 g/mol. The van der Waals surface area contributed by atoms with Crippen LogP contribution in [0.25, 0.3) is 0 Å². The molecule has 0 fully saturated rings. The van der Waals surface area contributed by atoms with E-state index >= 15 is 0 Å². The molecule has 0 N–H and O–H groups in total. The van der Waals surface area contributed by atoms with Gasteiger partial charge in [-0.3, -0.25) is 0 Å². The maximum atomic E-state index is 6.26. The molecule has 0 bridgehead atoms. The third kappa shape index (κ3) is 15.1. The molecule has 0 aromatic heterocycles. The summed E-state index contributed by atoms with van der Waals surface area (Å²) in [4.78, 5) is 0. The average molecular weight is 361 g/mol. The fourth-order valence-electron chi connectivity index (χ4n) is 2.34. The maximum Gasteiger partial charge on any atom is 0.184 e. The van der Waals surface area contributed by atoms with E-state index in [1.807, 2.05) is 19.1 Å². The Morgan fingerprint density at radius 2 is 1.61 bits per heavy atom. The maximum absolute atomic E-state index is 6.26. The van der Waals surface area contributed by atoms with Gasteiger partial charge < -0.3 is 13.9 Å². The average Bonchev–Trinajstić information content (AvgIpc) is 2.35. The van der Waals surface area contributed by atoms with E-state index in [-0.39, 0.29) is 0 Å². The van der Waals surface area contributed by atoms with E-state index < -0.39 is 16.6 Å². The molecule has 0 aromatic rings. The van der Waals surface area contributed by atoms with E-state index in [9.17, 15) is 0 Å². The van der Waals surface area contributed by atoms with E-state index in [0.717, 1.165) is 38.7 Å². The van der Waals surface area contributed by atoms with Crippen molar-refractivity contribution >= 4 is 22.3 Å². The van der Waals surface area contributed by atoms with Gasteiger partial charge in [-0.25, -0.2) is 0 Å². The zero-order chi connectivity index (χ0) is 18.1. The van der Waals surface area contributed by atoms with Crippen LogP contribution in [0.4, 0.5) is 0 Å². The van der Waals surface area contributed by atoms with E-state index in [1.165, 1.54) is 5.71 Å². The van der Waals surface area contributed by atoms with Crippen molar-refractivity contribution in [2.24, 2.45) is 5.10 Å². The smallest absolute Gasteiger partial charge is 0.184 e. The lowest BCUT2D eigenvalue weighted by molar-refractivity contribution is 0.181. The Kier molecular flexibility index (Phi) is 10.6. The number of hydrazone groups is 1. The molecule has 23 heavy (non-hydrogen) atoms. The van der Waals surface area contributed by atoms with E-state index in [0.29, 0.717) is 6.10 Å². The van der Waals surface area contributed by atoms with Gasteiger partial charge in [0.15, 0.2) is 16.6 Å². The van der Waals surface area contributed by atoms with Gasteiger partial charge in [0.2, 0.25) is 0 Å². The standard InChI is InChI=1S/C17H40N2O2Si2/c1-10-17(21-23(7,8)9)14-13-16(18-19(2)3)12-11-15-20-22(4,5)6/h17H,10-15H2,1-9H3. The molecule has 6 heteroatoms. The minimum Gasteiger partial charge on any atom is -0.418 e. The molecule has 0 saturated carbocycles. The van der Waals surface area contributed by atoms with Crippen molar-refractivity contribution in [3.63, 3.8) is 0 Å². The summed E-state index contributed by atoms with van der Waals surface area (Å²) in [5, 5.41) is 6.59. The molecule has 0 spiro atoms. The van der Waals surface area contributed by atoms with Gasteiger partial charge in [0, 0.05) is 32.5 Å². The van der Waals surface area contributed by atoms with Gasteiger partial charge in [0.25, 0.3) is 0 Å². The van der Waals surface area contributed by atoms with Crippen LogP contribution in [0.3, 0.4) is 0 Å².